The molecule has 15 heteroatoms. The van der Waals surface area contributed by atoms with Crippen LogP contribution < -0.4 is 21.8 Å². The van der Waals surface area contributed by atoms with Crippen LogP contribution in [0.25, 0.3) is 5.57 Å². The number of hydrogen-bond donors (Lipinski definition) is 4. The van der Waals surface area contributed by atoms with Crippen LogP contribution in [0.3, 0.4) is 0 Å². The Balaban J connectivity index is 1.41. The van der Waals surface area contributed by atoms with Crippen LogP contribution in [0.1, 0.15) is 35.1 Å². The molecule has 0 unspecified atom stereocenters. The van der Waals surface area contributed by atoms with Crippen LogP contribution in [0.2, 0.25) is 0 Å². The van der Waals surface area contributed by atoms with Crippen LogP contribution in [0, 0.1) is 0 Å². The fourth-order valence-corrected chi connectivity index (χ4v) is 4.55. The number of rotatable bonds is 5. The van der Waals surface area contributed by atoms with Crippen molar-refractivity contribution in [3.8, 4) is 0 Å². The van der Waals surface area contributed by atoms with Gasteiger partial charge >= 0.3 is 12.2 Å². The Kier molecular flexibility index (Phi) is 7.69. The number of urea groups is 1. The van der Waals surface area contributed by atoms with Crippen LogP contribution >= 0.6 is 0 Å². The van der Waals surface area contributed by atoms with Gasteiger partial charge in [0.25, 0.3) is 0 Å². The molecule has 2 amide bonds. The van der Waals surface area contributed by atoms with Crippen molar-refractivity contribution in [1.29, 1.82) is 0 Å². The van der Waals surface area contributed by atoms with Gasteiger partial charge in [0.15, 0.2) is 0 Å². The normalized spacial score (nSPS) is 19.8. The number of aliphatic imine (C=N–C) groups is 1. The number of fused-ring (bicyclic) bond motifs is 1. The highest BCUT2D eigenvalue weighted by atomic mass is 19.4. The number of ether oxygens (including phenoxy) is 1. The van der Waals surface area contributed by atoms with Gasteiger partial charge in [-0.3, -0.25) is 20.3 Å². The van der Waals surface area contributed by atoms with E-state index in [-0.39, 0.29) is 17.7 Å². The average Bonchev–Trinajstić information content (AvgIpc) is 3.21. The molecule has 2 aromatic heterocycles. The van der Waals surface area contributed by atoms with E-state index in [4.69, 9.17) is 10.5 Å². The minimum Gasteiger partial charge on any atom is -0.379 e. The molecule has 10 nitrogen and oxygen atoms in total. The van der Waals surface area contributed by atoms with Crippen molar-refractivity contribution >= 4 is 23.8 Å². The lowest BCUT2D eigenvalue weighted by atomic mass is 10.0. The Bertz CT molecular complexity index is 1420. The van der Waals surface area contributed by atoms with E-state index in [0.29, 0.717) is 50.2 Å². The van der Waals surface area contributed by atoms with Gasteiger partial charge in [-0.1, -0.05) is 0 Å². The van der Waals surface area contributed by atoms with Gasteiger partial charge < -0.3 is 15.8 Å². The van der Waals surface area contributed by atoms with Gasteiger partial charge in [0, 0.05) is 43.4 Å². The minimum atomic E-state index is -4.64. The average molecular weight is 565 g/mol. The van der Waals surface area contributed by atoms with Crippen molar-refractivity contribution in [3.63, 3.8) is 0 Å². The number of nitrogens with zero attached hydrogens (tertiary/aromatic N) is 4. The van der Waals surface area contributed by atoms with Gasteiger partial charge in [-0.25, -0.2) is 23.6 Å². The number of hydrogen-bond acceptors (Lipinski definition) is 7. The number of anilines is 1. The van der Waals surface area contributed by atoms with E-state index in [1.54, 1.807) is 10.7 Å². The summed E-state index contributed by atoms with van der Waals surface area (Å²) in [7, 11) is 0. The first-order valence-corrected chi connectivity index (χ1v) is 12.3. The molecular formula is C25H25F5N8O2. The van der Waals surface area contributed by atoms with Crippen LogP contribution in [-0.2, 0) is 17.5 Å². The maximum Gasteiger partial charge on any atom is 0.416 e. The molecule has 1 saturated heterocycles. The number of halogens is 5. The predicted molar refractivity (Wildman–Crippen MR) is 137 cm³/mol. The second kappa shape index (κ2) is 11.2. The van der Waals surface area contributed by atoms with Gasteiger partial charge in [-0.15, -0.1) is 0 Å². The highest BCUT2D eigenvalue weighted by Crippen LogP contribution is 2.37. The number of amides is 2. The molecule has 1 atom stereocenters. The molecule has 212 valence electrons. The van der Waals surface area contributed by atoms with E-state index >= 15 is 8.78 Å². The quantitative estimate of drug-likeness (QED) is 0.409. The van der Waals surface area contributed by atoms with Crippen molar-refractivity contribution in [3.05, 3.63) is 76.4 Å². The first-order chi connectivity index (χ1) is 19.1. The largest absolute Gasteiger partial charge is 0.416 e. The fraction of sp³-hybridized carbons (Fsp3) is 0.320. The first kappa shape index (κ1) is 27.5. The molecule has 0 radical (unpaired) electrons. The fourth-order valence-electron chi connectivity index (χ4n) is 4.55. The zero-order chi connectivity index (χ0) is 28.4. The molecule has 40 heavy (non-hydrogen) atoms. The predicted octanol–water partition coefficient (Wildman–Crippen LogP) is 3.92. The van der Waals surface area contributed by atoms with Crippen molar-refractivity contribution in [2.45, 2.75) is 25.3 Å². The third-order valence-electron chi connectivity index (χ3n) is 6.49. The van der Waals surface area contributed by atoms with Crippen LogP contribution in [0.4, 0.5) is 32.6 Å². The number of nitrogens with two attached hydrogens (primary N) is 1. The molecule has 5 N–H and O–H groups in total. The maximum absolute atomic E-state index is 15.4. The number of nitrogens with one attached hydrogen (secondary N) is 3. The highest BCUT2D eigenvalue weighted by molar-refractivity contribution is 5.90. The summed E-state index contributed by atoms with van der Waals surface area (Å²) in [6, 6.07) is 2.05. The van der Waals surface area contributed by atoms with Crippen LogP contribution in [-0.4, -0.2) is 53.2 Å². The summed E-state index contributed by atoms with van der Waals surface area (Å²) in [5.41, 5.74) is 9.30. The molecule has 3 aliphatic rings. The Morgan fingerprint density at radius 2 is 1.98 bits per heavy atom. The van der Waals surface area contributed by atoms with Crippen LogP contribution in [0.5, 0.6) is 0 Å². The van der Waals surface area contributed by atoms with Gasteiger partial charge in [0.05, 0.1) is 35.9 Å². The standard InChI is InChI=1S/C25H25F5N8O2/c26-18-1-2-20(35-24(39)36-21-9-14(3-4-32-21)25(28,29)30)19(27)11-16(18)17-10-15(12-37-5-7-40-8-6-37)38-22(17)23(31)33-13-34-38/h1,3-4,9-11,13,23H,2,5-8,12,31H2,(H,33,34)(H2,32,35,36,39)/t23-/m0/s1. The van der Waals surface area contributed by atoms with Crippen molar-refractivity contribution in [2.75, 3.05) is 37.0 Å². The molecule has 2 aliphatic heterocycles. The third kappa shape index (κ3) is 5.90. The number of morpholine rings is 1. The van der Waals surface area contributed by atoms with E-state index in [1.165, 1.54) is 6.34 Å². The number of alkyl halides is 3. The van der Waals surface area contributed by atoms with Crippen LogP contribution in [0.15, 0.2) is 58.9 Å². The molecular weight excluding hydrogens is 539 g/mol. The SMILES string of the molecule is N[C@H]1N=CNn2c(CN3CCOCC3)cc(C3=CC(F)=C(NC(=O)Nc4cc(C(F)(F)F)ccn4)CC=C3F)c21. The second-order valence-corrected chi connectivity index (χ2v) is 9.16. The van der Waals surface area contributed by atoms with E-state index in [1.807, 2.05) is 0 Å². The molecule has 5 rings (SSSR count). The molecule has 0 bridgehead atoms. The number of carbonyl (C=O) groups is 1. The molecule has 1 fully saturated rings. The van der Waals surface area contributed by atoms with E-state index in [2.05, 4.69) is 30.9 Å². The summed E-state index contributed by atoms with van der Waals surface area (Å²) in [6.45, 7) is 3.08. The van der Waals surface area contributed by atoms with Gasteiger partial charge in [-0.2, -0.15) is 13.2 Å². The van der Waals surface area contributed by atoms with E-state index < -0.39 is 41.4 Å². The zero-order valence-corrected chi connectivity index (χ0v) is 20.9. The smallest absolute Gasteiger partial charge is 0.379 e. The molecule has 2 aromatic rings. The number of allylic oxidation sites excluding steroid dienone is 5. The third-order valence-corrected chi connectivity index (χ3v) is 6.49. The highest BCUT2D eigenvalue weighted by Gasteiger charge is 2.31. The summed E-state index contributed by atoms with van der Waals surface area (Å²) < 4.78 is 76.6. The lowest BCUT2D eigenvalue weighted by Gasteiger charge is -2.27. The van der Waals surface area contributed by atoms with Crippen molar-refractivity contribution < 1.29 is 31.5 Å². The maximum atomic E-state index is 15.4. The zero-order valence-electron chi connectivity index (χ0n) is 20.9. The Morgan fingerprint density at radius 1 is 1.20 bits per heavy atom. The summed E-state index contributed by atoms with van der Waals surface area (Å²) in [4.78, 5) is 22.4. The Labute approximate surface area is 225 Å². The molecule has 0 saturated carbocycles. The second-order valence-electron chi connectivity index (χ2n) is 9.16. The summed E-state index contributed by atoms with van der Waals surface area (Å²) in [5, 5.41) is 4.36. The minimum absolute atomic E-state index is 0.0967. The molecule has 0 aromatic carbocycles. The number of carbonyl (C=O) groups excluding carboxylic acids is 1. The lowest BCUT2D eigenvalue weighted by molar-refractivity contribution is -0.137. The van der Waals surface area contributed by atoms with E-state index in [9.17, 15) is 18.0 Å². The monoisotopic (exact) mass is 564 g/mol. The van der Waals surface area contributed by atoms with Gasteiger partial charge in [0.2, 0.25) is 0 Å². The Hall–Kier alpha value is -4.08. The Morgan fingerprint density at radius 3 is 2.73 bits per heavy atom. The molecule has 0 spiro atoms. The van der Waals surface area contributed by atoms with E-state index in [0.717, 1.165) is 30.1 Å². The summed E-state index contributed by atoms with van der Waals surface area (Å²) in [5.74, 6) is -2.09. The van der Waals surface area contributed by atoms with Gasteiger partial charge in [0.1, 0.15) is 30.0 Å². The van der Waals surface area contributed by atoms with Crippen molar-refractivity contribution in [2.24, 2.45) is 10.7 Å². The summed E-state index contributed by atoms with van der Waals surface area (Å²) >= 11 is 0. The topological polar surface area (TPSA) is 122 Å². The number of pyridine rings is 1. The first-order valence-electron chi connectivity index (χ1n) is 12.3. The number of aromatic nitrogens is 2. The lowest BCUT2D eigenvalue weighted by Crippen LogP contribution is -2.37. The van der Waals surface area contributed by atoms with Gasteiger partial charge in [-0.05, 0) is 30.4 Å². The summed E-state index contributed by atoms with van der Waals surface area (Å²) in [6.07, 6.45) is -1.48. The van der Waals surface area contributed by atoms with Crippen molar-refractivity contribution in [1.82, 2.24) is 19.9 Å². The molecule has 1 aliphatic carbocycles. The molecule has 4 heterocycles.